The molecule has 0 aromatic heterocycles. The lowest BCUT2D eigenvalue weighted by Gasteiger charge is -2.38. The summed E-state index contributed by atoms with van der Waals surface area (Å²) >= 11 is 0. The van der Waals surface area contributed by atoms with E-state index in [9.17, 15) is 9.90 Å². The van der Waals surface area contributed by atoms with Gasteiger partial charge in [-0.2, -0.15) is 4.79 Å². The van der Waals surface area contributed by atoms with E-state index in [2.05, 4.69) is 0 Å². The summed E-state index contributed by atoms with van der Waals surface area (Å²) < 4.78 is 5.63. The Morgan fingerprint density at radius 1 is 0.862 bits per heavy atom. The Bertz CT molecular complexity index is 899. The molecule has 1 amide bonds. The first-order valence-electron chi connectivity index (χ1n) is 9.84. The number of hydrogen-bond acceptors (Lipinski definition) is 3. The van der Waals surface area contributed by atoms with Crippen molar-refractivity contribution in [1.82, 2.24) is 0 Å². The molecule has 0 saturated carbocycles. The standard InChI is InChI=1S/C25H28NO3/c1-20(24(27)23-16-10-5-11-17-23)26(2,18-21-12-6-3-7-13-21)25(28)29-19-22-14-8-4-9-15-22/h3-17,20,24,27H,18-19H2,1-2H3/q+1/t20-,24-,26?/m1/s1. The van der Waals surface area contributed by atoms with Crippen molar-refractivity contribution in [2.24, 2.45) is 0 Å². The van der Waals surface area contributed by atoms with Gasteiger partial charge in [-0.1, -0.05) is 91.0 Å². The van der Waals surface area contributed by atoms with Crippen molar-refractivity contribution in [3.63, 3.8) is 0 Å². The molecule has 0 fully saturated rings. The molecule has 1 unspecified atom stereocenters. The third-order valence-corrected chi connectivity index (χ3v) is 5.47. The lowest BCUT2D eigenvalue weighted by molar-refractivity contribution is -0.880. The highest BCUT2D eigenvalue weighted by Gasteiger charge is 2.43. The van der Waals surface area contributed by atoms with E-state index in [1.165, 1.54) is 0 Å². The predicted molar refractivity (Wildman–Crippen MR) is 114 cm³/mol. The first-order chi connectivity index (χ1) is 14.0. The second kappa shape index (κ2) is 9.50. The van der Waals surface area contributed by atoms with Gasteiger partial charge in [-0.15, -0.1) is 0 Å². The van der Waals surface area contributed by atoms with Crippen LogP contribution in [0.3, 0.4) is 0 Å². The van der Waals surface area contributed by atoms with Crippen LogP contribution in [0.4, 0.5) is 4.79 Å². The summed E-state index contributed by atoms with van der Waals surface area (Å²) in [5, 5.41) is 11.0. The second-order valence-electron chi connectivity index (χ2n) is 7.55. The minimum Gasteiger partial charge on any atom is -0.415 e. The van der Waals surface area contributed by atoms with Gasteiger partial charge < -0.3 is 9.84 Å². The number of nitrogens with zero attached hydrogens (tertiary/aromatic N) is 1. The van der Waals surface area contributed by atoms with Crippen molar-refractivity contribution in [1.29, 1.82) is 0 Å². The number of rotatable bonds is 7. The van der Waals surface area contributed by atoms with Gasteiger partial charge in [-0.25, -0.2) is 4.48 Å². The Balaban J connectivity index is 1.85. The largest absolute Gasteiger partial charge is 0.516 e. The van der Waals surface area contributed by atoms with E-state index >= 15 is 0 Å². The van der Waals surface area contributed by atoms with E-state index < -0.39 is 12.1 Å². The van der Waals surface area contributed by atoms with Crippen LogP contribution in [0, 0.1) is 0 Å². The lowest BCUT2D eigenvalue weighted by Crippen LogP contribution is -2.56. The molecule has 0 saturated heterocycles. The van der Waals surface area contributed by atoms with Gasteiger partial charge in [0.1, 0.15) is 25.3 Å². The van der Waals surface area contributed by atoms with Gasteiger partial charge >= 0.3 is 6.09 Å². The highest BCUT2D eigenvalue weighted by Crippen LogP contribution is 2.29. The molecule has 0 heterocycles. The molecule has 150 valence electrons. The second-order valence-corrected chi connectivity index (χ2v) is 7.55. The molecule has 3 atom stereocenters. The first kappa shape index (κ1) is 20.8. The molecular weight excluding hydrogens is 362 g/mol. The van der Waals surface area contributed by atoms with Gasteiger partial charge in [0, 0.05) is 5.56 Å². The van der Waals surface area contributed by atoms with Gasteiger partial charge in [0.05, 0.1) is 7.05 Å². The zero-order chi connectivity index (χ0) is 20.7. The number of carbonyl (C=O) groups is 1. The summed E-state index contributed by atoms with van der Waals surface area (Å²) in [5.41, 5.74) is 2.73. The summed E-state index contributed by atoms with van der Waals surface area (Å²) in [6.07, 6.45) is -1.16. The maximum Gasteiger partial charge on any atom is 0.516 e. The maximum atomic E-state index is 13.3. The van der Waals surface area contributed by atoms with E-state index in [1.54, 1.807) is 0 Å². The van der Waals surface area contributed by atoms with E-state index in [-0.39, 0.29) is 17.2 Å². The molecule has 0 spiro atoms. The van der Waals surface area contributed by atoms with Crippen LogP contribution in [0.5, 0.6) is 0 Å². The minimum atomic E-state index is -0.797. The molecule has 0 bridgehead atoms. The summed E-state index contributed by atoms with van der Waals surface area (Å²) in [5.74, 6) is 0. The minimum absolute atomic E-state index is 0.0626. The third kappa shape index (κ3) is 5.11. The van der Waals surface area contributed by atoms with Crippen LogP contribution in [-0.4, -0.2) is 28.8 Å². The summed E-state index contributed by atoms with van der Waals surface area (Å²) in [7, 11) is 1.83. The normalized spacial score (nSPS) is 15.1. The van der Waals surface area contributed by atoms with Gasteiger partial charge in [-0.3, -0.25) is 0 Å². The van der Waals surface area contributed by atoms with Crippen molar-refractivity contribution in [3.8, 4) is 0 Å². The number of benzene rings is 3. The zero-order valence-electron chi connectivity index (χ0n) is 16.9. The Morgan fingerprint density at radius 3 is 1.90 bits per heavy atom. The number of ether oxygens (including phenoxy) is 1. The predicted octanol–water partition coefficient (Wildman–Crippen LogP) is 5.09. The molecule has 3 rings (SSSR count). The fraction of sp³-hybridized carbons (Fsp3) is 0.240. The molecule has 0 radical (unpaired) electrons. The molecule has 1 N–H and O–H groups in total. The average molecular weight is 391 g/mol. The van der Waals surface area contributed by atoms with Crippen LogP contribution in [0.2, 0.25) is 0 Å². The highest BCUT2D eigenvalue weighted by atomic mass is 16.6. The molecule has 0 aliphatic heterocycles. The SMILES string of the molecule is C[C@H]([C@@H](O)c1ccccc1)[N+](C)(Cc1ccccc1)C(=O)OCc1ccccc1. The van der Waals surface area contributed by atoms with Crippen LogP contribution >= 0.6 is 0 Å². The van der Waals surface area contributed by atoms with Crippen molar-refractivity contribution in [2.75, 3.05) is 7.05 Å². The number of aliphatic hydroxyl groups excluding tert-OH is 1. The molecule has 3 aromatic carbocycles. The van der Waals surface area contributed by atoms with Crippen LogP contribution in [0.1, 0.15) is 29.7 Å². The maximum absolute atomic E-state index is 13.3. The number of quaternary nitrogens is 1. The van der Waals surface area contributed by atoms with Crippen molar-refractivity contribution < 1.29 is 19.1 Å². The molecule has 4 nitrogen and oxygen atoms in total. The van der Waals surface area contributed by atoms with Crippen molar-refractivity contribution in [2.45, 2.75) is 32.2 Å². The van der Waals surface area contributed by atoms with Gasteiger partial charge in [0.15, 0.2) is 0 Å². The fourth-order valence-corrected chi connectivity index (χ4v) is 3.44. The summed E-state index contributed by atoms with van der Waals surface area (Å²) in [6, 6.07) is 28.5. The smallest absolute Gasteiger partial charge is 0.415 e. The van der Waals surface area contributed by atoms with E-state index in [1.807, 2.05) is 105 Å². The Hall–Kier alpha value is -2.95. The fourth-order valence-electron chi connectivity index (χ4n) is 3.44. The number of carbonyl (C=O) groups excluding carboxylic acids is 1. The van der Waals surface area contributed by atoms with Gasteiger partial charge in [-0.05, 0) is 18.1 Å². The molecule has 0 aliphatic carbocycles. The average Bonchev–Trinajstić information content (AvgIpc) is 2.78. The topological polar surface area (TPSA) is 46.5 Å². The Morgan fingerprint density at radius 2 is 1.34 bits per heavy atom. The summed E-state index contributed by atoms with van der Waals surface area (Å²) in [4.78, 5) is 13.3. The number of hydrogen-bond donors (Lipinski definition) is 1. The lowest BCUT2D eigenvalue weighted by atomic mass is 10.00. The Kier molecular flexibility index (Phi) is 6.81. The van der Waals surface area contributed by atoms with Crippen LogP contribution in [0.15, 0.2) is 91.0 Å². The molecule has 4 heteroatoms. The third-order valence-electron chi connectivity index (χ3n) is 5.47. The van der Waals surface area contributed by atoms with E-state index in [0.29, 0.717) is 6.54 Å². The summed E-state index contributed by atoms with van der Waals surface area (Å²) in [6.45, 7) is 2.53. The quantitative estimate of drug-likeness (QED) is 0.572. The van der Waals surface area contributed by atoms with Crippen molar-refractivity contribution >= 4 is 6.09 Å². The number of aliphatic hydroxyl groups is 1. The monoisotopic (exact) mass is 390 g/mol. The van der Waals surface area contributed by atoms with Crippen LogP contribution < -0.4 is 0 Å². The highest BCUT2D eigenvalue weighted by molar-refractivity contribution is 5.60. The van der Waals surface area contributed by atoms with Gasteiger partial charge in [0.25, 0.3) is 0 Å². The van der Waals surface area contributed by atoms with E-state index in [0.717, 1.165) is 16.7 Å². The Labute approximate surface area is 172 Å². The molecule has 29 heavy (non-hydrogen) atoms. The van der Waals surface area contributed by atoms with Crippen LogP contribution in [0.25, 0.3) is 0 Å². The zero-order valence-corrected chi connectivity index (χ0v) is 16.9. The van der Waals surface area contributed by atoms with Gasteiger partial charge in [0.2, 0.25) is 0 Å². The van der Waals surface area contributed by atoms with Crippen LogP contribution in [-0.2, 0) is 17.9 Å². The first-order valence-corrected chi connectivity index (χ1v) is 9.84. The van der Waals surface area contributed by atoms with E-state index in [4.69, 9.17) is 4.74 Å². The van der Waals surface area contributed by atoms with Crippen molar-refractivity contribution in [3.05, 3.63) is 108 Å². The molecular formula is C25H28NO3+. The number of likely N-dealkylation sites (N-methyl/N-ethyl adjacent to an activating group) is 1. The molecule has 3 aromatic rings. The number of amides is 1. The molecule has 0 aliphatic rings.